The van der Waals surface area contributed by atoms with Crippen molar-refractivity contribution in [3.05, 3.63) is 65.6 Å². The monoisotopic (exact) mass is 804 g/mol. The standard InChI is InChI=1S/C43H56N4O7S2/c1-7-9-15-30(40(50)34(48)20-10-8-2)25-35(49)39-33-19-13-18-31(33)26-47(39)41(51)38(32-23-28-16-11-12-17-29(28)24-32)45-42(52)44-36(43(3,4)5)27-46(6)56(53,54)37-21-14-22-55-37/h1,8,11-12,14,16-17,21-22,30-33,36,38-39H,2,9-10,13,15,18-20,23-27H2,3-6H3,(H2,44,45,52)/t30?,31-,33-,36+,38-,39-/m0/s1. The van der Waals surface area contributed by atoms with Crippen LogP contribution in [0.3, 0.4) is 0 Å². The molecule has 6 atom stereocenters. The van der Waals surface area contributed by atoms with Gasteiger partial charge in [0.2, 0.25) is 11.7 Å². The van der Waals surface area contributed by atoms with E-state index in [-0.39, 0.29) is 65.9 Å². The summed E-state index contributed by atoms with van der Waals surface area (Å²) in [5, 5.41) is 7.71. The number of allylic oxidation sites excluding steroid dienone is 1. The van der Waals surface area contributed by atoms with Gasteiger partial charge in [0.1, 0.15) is 10.3 Å². The number of urea groups is 1. The fourth-order valence-electron chi connectivity index (χ4n) is 8.66. The first-order chi connectivity index (χ1) is 26.6. The van der Waals surface area contributed by atoms with Gasteiger partial charge in [-0.1, -0.05) is 63.6 Å². The molecule has 1 aliphatic heterocycles. The second kappa shape index (κ2) is 18.4. The third-order valence-corrected chi connectivity index (χ3v) is 15.1. The van der Waals surface area contributed by atoms with Gasteiger partial charge in [-0.05, 0) is 84.3 Å². The SMILES string of the molecule is C#CCCC(CC(=O)[C@@H]1[C@H]2CCC[C@H]2CN1C(=O)[C@@H](NC(=O)N[C@H](CN(C)S(=O)(=O)c1cccs1)C(C)(C)C)C1Cc2ccccc2C1)C(=O)C(=O)CCC=C. The van der Waals surface area contributed by atoms with Crippen molar-refractivity contribution in [1.29, 1.82) is 0 Å². The van der Waals surface area contributed by atoms with Crippen molar-refractivity contribution in [2.75, 3.05) is 20.1 Å². The molecule has 56 heavy (non-hydrogen) atoms. The fourth-order valence-corrected chi connectivity index (χ4v) is 11.0. The number of terminal acetylenes is 1. The molecule has 3 aliphatic rings. The molecule has 2 fully saturated rings. The van der Waals surface area contributed by atoms with Crippen LogP contribution in [0.25, 0.3) is 0 Å². The number of sulfonamides is 1. The Balaban J connectivity index is 1.40. The lowest BCUT2D eigenvalue weighted by molar-refractivity contribution is -0.143. The maximum atomic E-state index is 15.0. The number of thiophene rings is 1. The minimum Gasteiger partial charge on any atom is -0.334 e. The molecule has 1 unspecified atom stereocenters. The van der Waals surface area contributed by atoms with Crippen LogP contribution in [0.4, 0.5) is 4.79 Å². The summed E-state index contributed by atoms with van der Waals surface area (Å²) in [5.41, 5.74) is 1.61. The molecular formula is C43H56N4O7S2. The zero-order valence-electron chi connectivity index (χ0n) is 33.0. The van der Waals surface area contributed by atoms with Crippen molar-refractivity contribution in [2.24, 2.45) is 29.1 Å². The lowest BCUT2D eigenvalue weighted by Crippen LogP contribution is -2.60. The van der Waals surface area contributed by atoms with Crippen molar-refractivity contribution in [2.45, 2.75) is 107 Å². The number of amides is 3. The second-order valence-corrected chi connectivity index (χ2v) is 19.9. The second-order valence-electron chi connectivity index (χ2n) is 16.7. The normalized spacial score (nSPS) is 21.1. The van der Waals surface area contributed by atoms with Crippen molar-refractivity contribution >= 4 is 50.6 Å². The molecule has 1 saturated heterocycles. The van der Waals surface area contributed by atoms with Crippen LogP contribution in [0.15, 0.2) is 58.6 Å². The predicted octanol–water partition coefficient (Wildman–Crippen LogP) is 5.59. The molecule has 1 aromatic heterocycles. The number of nitrogens with zero attached hydrogens (tertiary/aromatic N) is 2. The number of ketones is 3. The van der Waals surface area contributed by atoms with E-state index in [1.54, 1.807) is 28.5 Å². The van der Waals surface area contributed by atoms with Gasteiger partial charge in [-0.2, -0.15) is 4.31 Å². The Hall–Kier alpha value is -4.12. The van der Waals surface area contributed by atoms with Crippen molar-refractivity contribution < 1.29 is 32.4 Å². The summed E-state index contributed by atoms with van der Waals surface area (Å²) < 4.78 is 28.1. The Kier molecular flexibility index (Phi) is 14.2. The third kappa shape index (κ3) is 9.87. The molecule has 2 aliphatic carbocycles. The molecule has 0 spiro atoms. The van der Waals surface area contributed by atoms with E-state index in [0.29, 0.717) is 25.8 Å². The number of carbonyl (C=O) groups excluding carboxylic acids is 5. The Labute approximate surface area is 336 Å². The van der Waals surface area contributed by atoms with E-state index in [9.17, 15) is 32.4 Å². The maximum absolute atomic E-state index is 15.0. The molecule has 2 heterocycles. The largest absolute Gasteiger partial charge is 0.334 e. The molecule has 0 bridgehead atoms. The summed E-state index contributed by atoms with van der Waals surface area (Å²) in [6.45, 7) is 9.71. The maximum Gasteiger partial charge on any atom is 0.315 e. The Morgan fingerprint density at radius 1 is 1.07 bits per heavy atom. The number of rotatable bonds is 18. The molecule has 302 valence electrons. The molecule has 0 radical (unpaired) electrons. The van der Waals surface area contributed by atoms with E-state index < -0.39 is 57.1 Å². The first kappa shape index (κ1) is 43.0. The number of carbonyl (C=O) groups is 5. The summed E-state index contributed by atoms with van der Waals surface area (Å²) in [4.78, 5) is 71.2. The number of hydrogen-bond acceptors (Lipinski definition) is 8. The predicted molar refractivity (Wildman–Crippen MR) is 217 cm³/mol. The molecule has 3 amide bonds. The quantitative estimate of drug-likeness (QED) is 0.113. The first-order valence-electron chi connectivity index (χ1n) is 19.6. The van der Waals surface area contributed by atoms with Gasteiger partial charge in [0, 0.05) is 51.4 Å². The van der Waals surface area contributed by atoms with Crippen LogP contribution in [-0.2, 0) is 42.0 Å². The van der Waals surface area contributed by atoms with Gasteiger partial charge in [-0.3, -0.25) is 19.2 Å². The van der Waals surface area contributed by atoms with E-state index in [1.807, 2.05) is 45.0 Å². The average molecular weight is 805 g/mol. The van der Waals surface area contributed by atoms with E-state index in [4.69, 9.17) is 6.42 Å². The van der Waals surface area contributed by atoms with Gasteiger partial charge >= 0.3 is 6.03 Å². The minimum absolute atomic E-state index is 0.00759. The van der Waals surface area contributed by atoms with Crippen LogP contribution in [-0.4, -0.2) is 85.2 Å². The van der Waals surface area contributed by atoms with Gasteiger partial charge in [-0.15, -0.1) is 30.3 Å². The third-order valence-electron chi connectivity index (χ3n) is 11.9. The van der Waals surface area contributed by atoms with Crippen molar-refractivity contribution in [3.8, 4) is 12.3 Å². The Morgan fingerprint density at radius 3 is 2.38 bits per heavy atom. The highest BCUT2D eigenvalue weighted by Crippen LogP contribution is 2.44. The minimum atomic E-state index is -3.79. The number of fused-ring (bicyclic) bond motifs is 2. The lowest BCUT2D eigenvalue weighted by Gasteiger charge is -2.36. The molecule has 11 nitrogen and oxygen atoms in total. The van der Waals surface area contributed by atoms with Crippen LogP contribution in [0.5, 0.6) is 0 Å². The zero-order valence-corrected chi connectivity index (χ0v) is 34.6. The van der Waals surface area contributed by atoms with E-state index >= 15 is 0 Å². The summed E-state index contributed by atoms with van der Waals surface area (Å²) in [6, 6.07) is 8.12. The van der Waals surface area contributed by atoms with Gasteiger partial charge in [0.15, 0.2) is 11.6 Å². The Bertz CT molecular complexity index is 1910. The molecule has 5 rings (SSSR count). The number of Topliss-reactive ketones (excluding diaryl/α,β-unsaturated/α-hetero) is 3. The summed E-state index contributed by atoms with van der Waals surface area (Å²) in [7, 11) is -2.31. The van der Waals surface area contributed by atoms with Crippen molar-refractivity contribution in [3.63, 3.8) is 0 Å². The molecule has 2 N–H and O–H groups in total. The van der Waals surface area contributed by atoms with Crippen LogP contribution < -0.4 is 10.6 Å². The van der Waals surface area contributed by atoms with Gasteiger partial charge < -0.3 is 15.5 Å². The topological polar surface area (TPSA) is 150 Å². The zero-order chi connectivity index (χ0) is 40.8. The summed E-state index contributed by atoms with van der Waals surface area (Å²) in [5.74, 6) is -0.439. The smallest absolute Gasteiger partial charge is 0.315 e. The van der Waals surface area contributed by atoms with Gasteiger partial charge in [0.25, 0.3) is 10.0 Å². The number of likely N-dealkylation sites (N-methyl/N-ethyl adjacent to an activating group) is 1. The molecule has 2 aromatic rings. The number of likely N-dealkylation sites (tertiary alicyclic amines) is 1. The molecule has 1 saturated carbocycles. The number of nitrogens with one attached hydrogen (secondary N) is 2. The molecular weight excluding hydrogens is 749 g/mol. The van der Waals surface area contributed by atoms with Crippen LogP contribution >= 0.6 is 11.3 Å². The molecule has 13 heteroatoms. The van der Waals surface area contributed by atoms with Crippen LogP contribution in [0.1, 0.15) is 83.3 Å². The lowest BCUT2D eigenvalue weighted by atomic mass is 9.84. The van der Waals surface area contributed by atoms with Crippen LogP contribution in [0.2, 0.25) is 0 Å². The number of hydrogen-bond donors (Lipinski definition) is 2. The Morgan fingerprint density at radius 2 is 1.77 bits per heavy atom. The first-order valence-corrected chi connectivity index (χ1v) is 22.0. The van der Waals surface area contributed by atoms with Crippen molar-refractivity contribution in [1.82, 2.24) is 19.8 Å². The highest BCUT2D eigenvalue weighted by atomic mass is 32.2. The van der Waals surface area contributed by atoms with Crippen LogP contribution in [0, 0.1) is 41.4 Å². The van der Waals surface area contributed by atoms with E-state index in [2.05, 4.69) is 23.1 Å². The highest BCUT2D eigenvalue weighted by Gasteiger charge is 2.52. The van der Waals surface area contributed by atoms with E-state index in [1.165, 1.54) is 11.4 Å². The average Bonchev–Trinajstić information content (AvgIpc) is 3.98. The van der Waals surface area contributed by atoms with E-state index in [0.717, 1.165) is 41.7 Å². The fraction of sp³-hybridized carbons (Fsp3) is 0.558. The number of benzene rings is 1. The summed E-state index contributed by atoms with van der Waals surface area (Å²) >= 11 is 1.12. The van der Waals surface area contributed by atoms with Gasteiger partial charge in [0.05, 0.1) is 6.04 Å². The highest BCUT2D eigenvalue weighted by molar-refractivity contribution is 7.91. The summed E-state index contributed by atoms with van der Waals surface area (Å²) in [6.07, 6.45) is 11.3. The molecule has 1 aromatic carbocycles. The van der Waals surface area contributed by atoms with Gasteiger partial charge in [-0.25, -0.2) is 13.2 Å².